The van der Waals surface area contributed by atoms with E-state index < -0.39 is 17.6 Å². The van der Waals surface area contributed by atoms with Gasteiger partial charge in [-0.25, -0.2) is 0 Å². The Balaban J connectivity index is 1.83. The Hall–Kier alpha value is -3.48. The Morgan fingerprint density at radius 2 is 1.90 bits per heavy atom. The zero-order valence-electron chi connectivity index (χ0n) is 16.2. The van der Waals surface area contributed by atoms with E-state index in [0.717, 1.165) is 22.2 Å². The number of hydrogen-bond donors (Lipinski definition) is 1. The fourth-order valence-corrected chi connectivity index (χ4v) is 3.92. The molecular weight excluding hydrogens is 372 g/mol. The molecule has 4 rings (SSSR count). The van der Waals surface area contributed by atoms with Crippen LogP contribution in [0.5, 0.6) is 0 Å². The molecule has 7 nitrogen and oxygen atoms in total. The van der Waals surface area contributed by atoms with Crippen molar-refractivity contribution in [2.45, 2.75) is 32.7 Å². The van der Waals surface area contributed by atoms with E-state index in [1.54, 1.807) is 6.07 Å². The minimum atomic E-state index is -0.625. The van der Waals surface area contributed by atoms with Crippen LogP contribution in [-0.2, 0) is 20.7 Å². The molecule has 0 unspecified atom stereocenters. The Morgan fingerprint density at radius 3 is 2.62 bits per heavy atom. The molecule has 0 amide bonds. The number of aromatic amines is 1. The first-order valence-corrected chi connectivity index (χ1v) is 9.38. The zero-order chi connectivity index (χ0) is 20.7. The van der Waals surface area contributed by atoms with Crippen LogP contribution in [0.15, 0.2) is 41.2 Å². The summed E-state index contributed by atoms with van der Waals surface area (Å²) in [6.45, 7) is 2.61. The van der Waals surface area contributed by atoms with Gasteiger partial charge < -0.3 is 9.72 Å². The van der Waals surface area contributed by atoms with Gasteiger partial charge in [-0.15, -0.1) is 0 Å². The quantitative estimate of drug-likeness (QED) is 0.409. The number of hydrogen-bond acceptors (Lipinski definition) is 5. The predicted octanol–water partition coefficient (Wildman–Crippen LogP) is 2.82. The summed E-state index contributed by atoms with van der Waals surface area (Å²) >= 11 is 0. The Bertz CT molecular complexity index is 1220. The third-order valence-electron chi connectivity index (χ3n) is 5.20. The van der Waals surface area contributed by atoms with Crippen LogP contribution in [0, 0.1) is 0 Å². The van der Waals surface area contributed by atoms with Crippen LogP contribution in [0.3, 0.4) is 0 Å². The van der Waals surface area contributed by atoms with E-state index in [9.17, 15) is 19.2 Å². The summed E-state index contributed by atoms with van der Waals surface area (Å²) in [5.74, 6) is -1.23. The number of esters is 1. The predicted molar refractivity (Wildman–Crippen MR) is 107 cm³/mol. The van der Waals surface area contributed by atoms with E-state index in [4.69, 9.17) is 4.74 Å². The van der Waals surface area contributed by atoms with Crippen LogP contribution >= 0.6 is 0 Å². The SMILES string of the molecule is CC(=O)CC(=O)OC[C@@H]1Cc2c([nH]c3ccccc23)-c2ccc(C(C)=O)c(=O)n21. The summed E-state index contributed by atoms with van der Waals surface area (Å²) in [7, 11) is 0. The molecule has 0 saturated heterocycles. The Labute approximate surface area is 166 Å². The molecule has 0 bridgehead atoms. The van der Waals surface area contributed by atoms with Gasteiger partial charge in [0.2, 0.25) is 0 Å². The Kier molecular flexibility index (Phi) is 4.66. The number of aromatic nitrogens is 2. The van der Waals surface area contributed by atoms with E-state index >= 15 is 0 Å². The second-order valence-electron chi connectivity index (χ2n) is 7.31. The van der Waals surface area contributed by atoms with Crippen LogP contribution in [0.1, 0.15) is 42.2 Å². The zero-order valence-corrected chi connectivity index (χ0v) is 16.2. The van der Waals surface area contributed by atoms with E-state index in [2.05, 4.69) is 4.98 Å². The minimum Gasteiger partial charge on any atom is -0.463 e. The average molecular weight is 392 g/mol. The standard InChI is InChI=1S/C22H20N2O5/c1-12(25)9-20(27)29-11-14-10-17-16-5-3-4-6-18(16)23-21(17)19-8-7-15(13(2)26)22(28)24(14)19/h3-8,14,23H,9-11H2,1-2H3/t14-/m0/s1. The number of carbonyl (C=O) groups excluding carboxylic acids is 3. The number of carbonyl (C=O) groups is 3. The molecule has 7 heteroatoms. The topological polar surface area (TPSA) is 98.2 Å². The molecule has 3 aromatic rings. The van der Waals surface area contributed by atoms with Gasteiger partial charge in [0.15, 0.2) is 5.78 Å². The second-order valence-corrected chi connectivity index (χ2v) is 7.31. The number of H-pyrrole nitrogens is 1. The highest BCUT2D eigenvalue weighted by Gasteiger charge is 2.30. The number of pyridine rings is 1. The maximum absolute atomic E-state index is 13.0. The van der Waals surface area contributed by atoms with Gasteiger partial charge in [-0.3, -0.25) is 23.7 Å². The molecular formula is C22H20N2O5. The van der Waals surface area contributed by atoms with Gasteiger partial charge in [-0.05, 0) is 44.0 Å². The number of para-hydroxylation sites is 1. The Morgan fingerprint density at radius 1 is 1.14 bits per heavy atom. The molecule has 0 aliphatic carbocycles. The maximum atomic E-state index is 13.0. The van der Waals surface area contributed by atoms with Gasteiger partial charge in [0.05, 0.1) is 23.0 Å². The van der Waals surface area contributed by atoms with E-state index in [-0.39, 0.29) is 30.2 Å². The fraction of sp³-hybridized carbons (Fsp3) is 0.273. The van der Waals surface area contributed by atoms with Crippen LogP contribution in [-0.4, -0.2) is 33.7 Å². The van der Waals surface area contributed by atoms with E-state index in [1.165, 1.54) is 24.5 Å². The summed E-state index contributed by atoms with van der Waals surface area (Å²) in [5, 5.41) is 1.04. The second kappa shape index (κ2) is 7.16. The molecule has 0 radical (unpaired) electrons. The maximum Gasteiger partial charge on any atom is 0.313 e. The number of nitrogens with zero attached hydrogens (tertiary/aromatic N) is 1. The summed E-state index contributed by atoms with van der Waals surface area (Å²) < 4.78 is 6.82. The molecule has 148 valence electrons. The molecule has 1 aliphatic rings. The molecule has 0 spiro atoms. The first kappa shape index (κ1) is 18.9. The van der Waals surface area contributed by atoms with Gasteiger partial charge in [0.25, 0.3) is 5.56 Å². The summed E-state index contributed by atoms with van der Waals surface area (Å²) in [4.78, 5) is 51.3. The first-order valence-electron chi connectivity index (χ1n) is 9.38. The third kappa shape index (κ3) is 3.29. The molecule has 2 aromatic heterocycles. The van der Waals surface area contributed by atoms with Crippen LogP contribution in [0.25, 0.3) is 22.3 Å². The number of rotatable bonds is 5. The van der Waals surface area contributed by atoms with Gasteiger partial charge in [-0.1, -0.05) is 18.2 Å². The van der Waals surface area contributed by atoms with Crippen molar-refractivity contribution in [2.24, 2.45) is 0 Å². The molecule has 29 heavy (non-hydrogen) atoms. The van der Waals surface area contributed by atoms with Crippen molar-refractivity contribution in [3.05, 3.63) is 57.9 Å². The number of fused-ring (bicyclic) bond motifs is 5. The van der Waals surface area contributed by atoms with Crippen molar-refractivity contribution < 1.29 is 19.1 Å². The van der Waals surface area contributed by atoms with Crippen molar-refractivity contribution in [3.63, 3.8) is 0 Å². The highest BCUT2D eigenvalue weighted by molar-refractivity contribution is 5.95. The number of Topliss-reactive ketones (excluding diaryl/α,β-unsaturated/α-hetero) is 2. The van der Waals surface area contributed by atoms with Gasteiger partial charge in [0.1, 0.15) is 18.8 Å². The number of ether oxygens (including phenoxy) is 1. The van der Waals surface area contributed by atoms with Crippen LogP contribution in [0.2, 0.25) is 0 Å². The van der Waals surface area contributed by atoms with Crippen LogP contribution in [0.4, 0.5) is 0 Å². The van der Waals surface area contributed by atoms with Crippen molar-refractivity contribution in [2.75, 3.05) is 6.61 Å². The number of ketones is 2. The van der Waals surface area contributed by atoms with E-state index in [0.29, 0.717) is 12.1 Å². The molecule has 0 saturated carbocycles. The number of nitrogens with one attached hydrogen (secondary N) is 1. The van der Waals surface area contributed by atoms with Crippen molar-refractivity contribution in [3.8, 4) is 11.4 Å². The largest absolute Gasteiger partial charge is 0.463 e. The van der Waals surface area contributed by atoms with E-state index in [1.807, 2.05) is 24.3 Å². The third-order valence-corrected chi connectivity index (χ3v) is 5.20. The fourth-order valence-electron chi connectivity index (χ4n) is 3.92. The molecule has 1 N–H and O–H groups in total. The first-order chi connectivity index (χ1) is 13.9. The lowest BCUT2D eigenvalue weighted by molar-refractivity contribution is -0.146. The highest BCUT2D eigenvalue weighted by atomic mass is 16.5. The molecule has 1 aliphatic heterocycles. The average Bonchev–Trinajstić information content (AvgIpc) is 3.04. The monoisotopic (exact) mass is 392 g/mol. The van der Waals surface area contributed by atoms with Gasteiger partial charge >= 0.3 is 5.97 Å². The van der Waals surface area contributed by atoms with Gasteiger partial charge in [0, 0.05) is 10.9 Å². The van der Waals surface area contributed by atoms with Crippen LogP contribution < -0.4 is 5.56 Å². The lowest BCUT2D eigenvalue weighted by atomic mass is 9.95. The summed E-state index contributed by atoms with van der Waals surface area (Å²) in [6, 6.07) is 10.6. The summed E-state index contributed by atoms with van der Waals surface area (Å²) in [6.07, 6.45) is 0.154. The van der Waals surface area contributed by atoms with Crippen molar-refractivity contribution in [1.29, 1.82) is 0 Å². The minimum absolute atomic E-state index is 0.0562. The normalized spacial score (nSPS) is 14.9. The molecule has 3 heterocycles. The smallest absolute Gasteiger partial charge is 0.313 e. The lowest BCUT2D eigenvalue weighted by Crippen LogP contribution is -2.36. The summed E-state index contributed by atoms with van der Waals surface area (Å²) in [5.41, 5.74) is 3.12. The van der Waals surface area contributed by atoms with Crippen molar-refractivity contribution >= 4 is 28.4 Å². The van der Waals surface area contributed by atoms with Crippen molar-refractivity contribution in [1.82, 2.24) is 9.55 Å². The van der Waals surface area contributed by atoms with Gasteiger partial charge in [-0.2, -0.15) is 0 Å². The highest BCUT2D eigenvalue weighted by Crippen LogP contribution is 2.37. The molecule has 1 atom stereocenters. The lowest BCUT2D eigenvalue weighted by Gasteiger charge is -2.28. The number of benzene rings is 1. The molecule has 1 aromatic carbocycles. The molecule has 0 fully saturated rings.